The fourth-order valence-electron chi connectivity index (χ4n) is 2.45. The first kappa shape index (κ1) is 16.3. The summed E-state index contributed by atoms with van der Waals surface area (Å²) >= 11 is 1.67. The Bertz CT molecular complexity index is 446. The fraction of sp³-hybridized carbons (Fsp3) is 0.562. The summed E-state index contributed by atoms with van der Waals surface area (Å²) in [7, 11) is 0. The summed E-state index contributed by atoms with van der Waals surface area (Å²) in [6.45, 7) is 1.94. The number of nitrogens with zero attached hydrogens (tertiary/aromatic N) is 1. The van der Waals surface area contributed by atoms with Crippen molar-refractivity contribution >= 4 is 17.7 Å². The molecule has 0 bridgehead atoms. The molecule has 5 heteroatoms. The van der Waals surface area contributed by atoms with Gasteiger partial charge in [0.1, 0.15) is 5.82 Å². The highest BCUT2D eigenvalue weighted by atomic mass is 32.2. The zero-order valence-electron chi connectivity index (χ0n) is 12.4. The SMILES string of the molecule is CSCCC(=O)N(Cc1ccc(F)cc1)CC1CCCO1. The summed E-state index contributed by atoms with van der Waals surface area (Å²) < 4.78 is 18.6. The first-order chi connectivity index (χ1) is 10.2. The molecule has 0 saturated carbocycles. The van der Waals surface area contributed by atoms with Crippen LogP contribution in [0.25, 0.3) is 0 Å². The van der Waals surface area contributed by atoms with Crippen LogP contribution in [0.3, 0.4) is 0 Å². The van der Waals surface area contributed by atoms with E-state index in [1.54, 1.807) is 23.9 Å². The zero-order valence-corrected chi connectivity index (χ0v) is 13.2. The second kappa shape index (κ2) is 8.39. The summed E-state index contributed by atoms with van der Waals surface area (Å²) in [6, 6.07) is 6.34. The maximum atomic E-state index is 13.0. The highest BCUT2D eigenvalue weighted by Crippen LogP contribution is 2.16. The molecular weight excluding hydrogens is 289 g/mol. The normalized spacial score (nSPS) is 17.9. The fourth-order valence-corrected chi connectivity index (χ4v) is 2.83. The summed E-state index contributed by atoms with van der Waals surface area (Å²) in [5, 5.41) is 0. The second-order valence-corrected chi connectivity index (χ2v) is 6.26. The molecule has 1 aliphatic rings. The molecule has 1 heterocycles. The van der Waals surface area contributed by atoms with Gasteiger partial charge in [0.05, 0.1) is 6.10 Å². The zero-order chi connectivity index (χ0) is 15.1. The van der Waals surface area contributed by atoms with Gasteiger partial charge in [-0.1, -0.05) is 12.1 Å². The number of hydrogen-bond acceptors (Lipinski definition) is 3. The lowest BCUT2D eigenvalue weighted by atomic mass is 10.1. The number of halogens is 1. The van der Waals surface area contributed by atoms with Crippen molar-refractivity contribution in [3.8, 4) is 0 Å². The van der Waals surface area contributed by atoms with Gasteiger partial charge in [0.25, 0.3) is 0 Å². The lowest BCUT2D eigenvalue weighted by Gasteiger charge is -2.25. The molecule has 3 nitrogen and oxygen atoms in total. The van der Waals surface area contributed by atoms with Gasteiger partial charge in [-0.05, 0) is 36.8 Å². The van der Waals surface area contributed by atoms with Crippen molar-refractivity contribution in [2.24, 2.45) is 0 Å². The van der Waals surface area contributed by atoms with Gasteiger partial charge in [-0.2, -0.15) is 11.8 Å². The highest BCUT2D eigenvalue weighted by Gasteiger charge is 2.22. The van der Waals surface area contributed by atoms with E-state index in [0.717, 1.165) is 30.8 Å². The van der Waals surface area contributed by atoms with Crippen molar-refractivity contribution in [2.75, 3.05) is 25.2 Å². The Morgan fingerprint density at radius 2 is 2.19 bits per heavy atom. The van der Waals surface area contributed by atoms with E-state index in [1.807, 2.05) is 11.2 Å². The molecule has 0 spiro atoms. The molecule has 1 aromatic carbocycles. The number of thioether (sulfide) groups is 1. The summed E-state index contributed by atoms with van der Waals surface area (Å²) in [5.41, 5.74) is 0.951. The van der Waals surface area contributed by atoms with Gasteiger partial charge in [-0.3, -0.25) is 4.79 Å². The van der Waals surface area contributed by atoms with Crippen LogP contribution in [0.1, 0.15) is 24.8 Å². The maximum Gasteiger partial charge on any atom is 0.223 e. The second-order valence-electron chi connectivity index (χ2n) is 5.28. The maximum absolute atomic E-state index is 13.0. The summed E-state index contributed by atoms with van der Waals surface area (Å²) in [5.74, 6) is 0.715. The quantitative estimate of drug-likeness (QED) is 0.775. The predicted octanol–water partition coefficient (Wildman–Crippen LogP) is 3.09. The van der Waals surface area contributed by atoms with E-state index in [0.29, 0.717) is 19.5 Å². The Hall–Kier alpha value is -1.07. The largest absolute Gasteiger partial charge is 0.376 e. The van der Waals surface area contributed by atoms with E-state index >= 15 is 0 Å². The molecule has 1 saturated heterocycles. The van der Waals surface area contributed by atoms with E-state index < -0.39 is 0 Å². The minimum absolute atomic E-state index is 0.142. The Labute approximate surface area is 129 Å². The lowest BCUT2D eigenvalue weighted by Crippen LogP contribution is -2.37. The van der Waals surface area contributed by atoms with Gasteiger partial charge in [0, 0.05) is 31.9 Å². The predicted molar refractivity (Wildman–Crippen MR) is 83.8 cm³/mol. The van der Waals surface area contributed by atoms with Crippen molar-refractivity contribution in [1.82, 2.24) is 4.90 Å². The molecule has 0 aliphatic carbocycles. The van der Waals surface area contributed by atoms with Crippen molar-refractivity contribution in [3.63, 3.8) is 0 Å². The summed E-state index contributed by atoms with van der Waals surface area (Å²) in [6.07, 6.45) is 4.75. The van der Waals surface area contributed by atoms with Gasteiger partial charge in [-0.25, -0.2) is 4.39 Å². The number of carbonyl (C=O) groups excluding carboxylic acids is 1. The molecule has 116 valence electrons. The molecule has 1 atom stereocenters. The molecule has 0 radical (unpaired) electrons. The molecule has 1 aliphatic heterocycles. The highest BCUT2D eigenvalue weighted by molar-refractivity contribution is 7.98. The molecule has 1 amide bonds. The van der Waals surface area contributed by atoms with Gasteiger partial charge < -0.3 is 9.64 Å². The first-order valence-electron chi connectivity index (χ1n) is 7.32. The van der Waals surface area contributed by atoms with Crippen LogP contribution in [0, 0.1) is 5.82 Å². The van der Waals surface area contributed by atoms with Crippen LogP contribution in [0.2, 0.25) is 0 Å². The van der Waals surface area contributed by atoms with Gasteiger partial charge in [0.15, 0.2) is 0 Å². The van der Waals surface area contributed by atoms with Crippen LogP contribution in [0.4, 0.5) is 4.39 Å². The third-order valence-corrected chi connectivity index (χ3v) is 4.22. The van der Waals surface area contributed by atoms with Crippen LogP contribution in [0.5, 0.6) is 0 Å². The van der Waals surface area contributed by atoms with Crippen LogP contribution < -0.4 is 0 Å². The Balaban J connectivity index is 1.99. The van der Waals surface area contributed by atoms with Crippen molar-refractivity contribution in [1.29, 1.82) is 0 Å². The Morgan fingerprint density at radius 1 is 1.43 bits per heavy atom. The molecule has 0 aromatic heterocycles. The lowest BCUT2D eigenvalue weighted by molar-refractivity contribution is -0.133. The first-order valence-corrected chi connectivity index (χ1v) is 8.71. The number of ether oxygens (including phenoxy) is 1. The van der Waals surface area contributed by atoms with Gasteiger partial charge in [0.2, 0.25) is 5.91 Å². The van der Waals surface area contributed by atoms with Gasteiger partial charge >= 0.3 is 0 Å². The smallest absolute Gasteiger partial charge is 0.223 e. The summed E-state index contributed by atoms with van der Waals surface area (Å²) in [4.78, 5) is 14.2. The number of amides is 1. The minimum Gasteiger partial charge on any atom is -0.376 e. The van der Waals surface area contributed by atoms with Crippen LogP contribution in [0.15, 0.2) is 24.3 Å². The van der Waals surface area contributed by atoms with E-state index in [1.165, 1.54) is 12.1 Å². The number of rotatable bonds is 7. The standard InChI is InChI=1S/C16H22FNO2S/c1-21-10-8-16(19)18(12-15-3-2-9-20-15)11-13-4-6-14(17)7-5-13/h4-7,15H,2-3,8-12H2,1H3. The Kier molecular flexibility index (Phi) is 6.51. The van der Waals surface area contributed by atoms with E-state index in [9.17, 15) is 9.18 Å². The van der Waals surface area contributed by atoms with E-state index in [4.69, 9.17) is 4.74 Å². The molecule has 0 N–H and O–H groups in total. The average molecular weight is 311 g/mol. The number of carbonyl (C=O) groups is 1. The van der Waals surface area contributed by atoms with Crippen LogP contribution >= 0.6 is 11.8 Å². The Morgan fingerprint density at radius 3 is 2.81 bits per heavy atom. The monoisotopic (exact) mass is 311 g/mol. The van der Waals surface area contributed by atoms with Gasteiger partial charge in [-0.15, -0.1) is 0 Å². The molecule has 1 unspecified atom stereocenters. The number of hydrogen-bond donors (Lipinski definition) is 0. The molecule has 2 rings (SSSR count). The number of benzene rings is 1. The van der Waals surface area contributed by atoms with Crippen molar-refractivity contribution in [3.05, 3.63) is 35.6 Å². The van der Waals surface area contributed by atoms with Crippen LogP contribution in [-0.4, -0.2) is 42.1 Å². The van der Waals surface area contributed by atoms with Crippen molar-refractivity contribution in [2.45, 2.75) is 31.9 Å². The van der Waals surface area contributed by atoms with Crippen molar-refractivity contribution < 1.29 is 13.9 Å². The third kappa shape index (κ3) is 5.32. The van der Waals surface area contributed by atoms with Crippen LogP contribution in [-0.2, 0) is 16.1 Å². The van der Waals surface area contributed by atoms with E-state index in [-0.39, 0.29) is 17.8 Å². The minimum atomic E-state index is -0.252. The molecule has 1 aromatic rings. The van der Waals surface area contributed by atoms with E-state index in [2.05, 4.69) is 0 Å². The average Bonchev–Trinajstić information content (AvgIpc) is 2.99. The topological polar surface area (TPSA) is 29.5 Å². The third-order valence-electron chi connectivity index (χ3n) is 3.61. The molecule has 1 fully saturated rings. The molecule has 21 heavy (non-hydrogen) atoms. The molecular formula is C16H22FNO2S.